The van der Waals surface area contributed by atoms with Gasteiger partial charge in [-0.1, -0.05) is 51.1 Å². The highest BCUT2D eigenvalue weighted by Crippen LogP contribution is 2.30. The molecule has 0 spiro atoms. The van der Waals surface area contributed by atoms with Crippen LogP contribution in [-0.2, 0) is 5.41 Å². The van der Waals surface area contributed by atoms with E-state index in [2.05, 4.69) is 56.2 Å². The minimum absolute atomic E-state index is 0.0123. The number of benzene rings is 2. The van der Waals surface area contributed by atoms with E-state index in [9.17, 15) is 4.79 Å². The van der Waals surface area contributed by atoms with Crippen LogP contribution >= 0.6 is 11.8 Å². The van der Waals surface area contributed by atoms with Gasteiger partial charge in [0, 0.05) is 39.4 Å². The van der Waals surface area contributed by atoms with Gasteiger partial charge in [0.15, 0.2) is 0 Å². The molecule has 0 aliphatic rings. The summed E-state index contributed by atoms with van der Waals surface area (Å²) in [5.41, 5.74) is 4.39. The molecule has 3 nitrogen and oxygen atoms in total. The summed E-state index contributed by atoms with van der Waals surface area (Å²) >= 11 is 1.78. The number of fused-ring (bicyclic) bond motifs is 1. The highest BCUT2D eigenvalue weighted by atomic mass is 32.2. The second-order valence-electron chi connectivity index (χ2n) is 7.56. The van der Waals surface area contributed by atoms with Crippen LogP contribution in [-0.4, -0.2) is 23.2 Å². The fourth-order valence-electron chi connectivity index (χ4n) is 2.98. The summed E-state index contributed by atoms with van der Waals surface area (Å²) in [5, 5.41) is 4.27. The molecule has 0 saturated heterocycles. The van der Waals surface area contributed by atoms with Crippen LogP contribution in [0.1, 0.15) is 42.4 Å². The Morgan fingerprint density at radius 1 is 1.08 bits per heavy atom. The first-order valence-corrected chi connectivity index (χ1v) is 9.93. The van der Waals surface area contributed by atoms with Gasteiger partial charge in [0.05, 0.1) is 0 Å². The van der Waals surface area contributed by atoms with E-state index in [4.69, 9.17) is 0 Å². The third kappa shape index (κ3) is 4.13. The average molecular weight is 367 g/mol. The Bertz CT molecular complexity index is 904. The summed E-state index contributed by atoms with van der Waals surface area (Å²) in [6, 6.07) is 16.2. The number of rotatable bonds is 5. The Morgan fingerprint density at radius 2 is 1.77 bits per heavy atom. The number of amides is 1. The van der Waals surface area contributed by atoms with Crippen molar-refractivity contribution in [2.75, 3.05) is 12.3 Å². The van der Waals surface area contributed by atoms with E-state index in [1.165, 1.54) is 21.5 Å². The molecule has 4 heteroatoms. The Labute approximate surface area is 159 Å². The van der Waals surface area contributed by atoms with Gasteiger partial charge in [-0.05, 0) is 36.1 Å². The Kier molecular flexibility index (Phi) is 5.42. The molecule has 0 fully saturated rings. The highest BCUT2D eigenvalue weighted by Gasteiger charge is 2.14. The van der Waals surface area contributed by atoms with E-state index < -0.39 is 0 Å². The van der Waals surface area contributed by atoms with E-state index in [0.717, 1.165) is 11.3 Å². The smallest absolute Gasteiger partial charge is 0.251 e. The Balaban J connectivity index is 1.54. The van der Waals surface area contributed by atoms with E-state index in [0.29, 0.717) is 12.1 Å². The molecule has 0 atom stereocenters. The van der Waals surface area contributed by atoms with Crippen molar-refractivity contribution in [1.82, 2.24) is 10.3 Å². The van der Waals surface area contributed by atoms with Crippen LogP contribution in [0, 0.1) is 6.92 Å². The van der Waals surface area contributed by atoms with Gasteiger partial charge in [0.2, 0.25) is 0 Å². The van der Waals surface area contributed by atoms with Gasteiger partial charge in [-0.15, -0.1) is 11.8 Å². The van der Waals surface area contributed by atoms with E-state index in [1.807, 2.05) is 30.3 Å². The van der Waals surface area contributed by atoms with Crippen LogP contribution in [0.25, 0.3) is 10.9 Å². The molecule has 0 radical (unpaired) electrons. The summed E-state index contributed by atoms with van der Waals surface area (Å²) in [6.45, 7) is 9.26. The molecule has 2 N–H and O–H groups in total. The zero-order valence-electron chi connectivity index (χ0n) is 15.8. The van der Waals surface area contributed by atoms with Gasteiger partial charge in [-0.25, -0.2) is 0 Å². The number of aryl methyl sites for hydroxylation is 1. The van der Waals surface area contributed by atoms with Crippen LogP contribution in [0.15, 0.2) is 53.4 Å². The molecule has 3 aromatic rings. The van der Waals surface area contributed by atoms with Crippen LogP contribution in [0.4, 0.5) is 0 Å². The maximum atomic E-state index is 12.3. The van der Waals surface area contributed by atoms with Crippen molar-refractivity contribution < 1.29 is 4.79 Å². The number of para-hydroxylation sites is 1. The molecule has 1 amide bonds. The molecular weight excluding hydrogens is 340 g/mol. The SMILES string of the molecule is Cc1[nH]c2ccccc2c1SCCNC(=O)c1ccc(C(C)(C)C)cc1. The molecular formula is C22H26N2OS. The molecule has 0 bridgehead atoms. The maximum absolute atomic E-state index is 12.3. The summed E-state index contributed by atoms with van der Waals surface area (Å²) in [4.78, 5) is 17.0. The molecule has 0 unspecified atom stereocenters. The number of hydrogen-bond acceptors (Lipinski definition) is 2. The van der Waals surface area contributed by atoms with Gasteiger partial charge in [-0.2, -0.15) is 0 Å². The average Bonchev–Trinajstić information content (AvgIpc) is 2.93. The number of carbonyl (C=O) groups excluding carboxylic acids is 1. The molecule has 136 valence electrons. The third-order valence-corrected chi connectivity index (χ3v) is 5.70. The van der Waals surface area contributed by atoms with Crippen molar-refractivity contribution in [3.8, 4) is 0 Å². The first-order valence-electron chi connectivity index (χ1n) is 8.95. The lowest BCUT2D eigenvalue weighted by Crippen LogP contribution is -2.25. The van der Waals surface area contributed by atoms with Crippen molar-refractivity contribution in [3.63, 3.8) is 0 Å². The van der Waals surface area contributed by atoms with Crippen molar-refractivity contribution in [2.24, 2.45) is 0 Å². The summed E-state index contributed by atoms with van der Waals surface area (Å²) < 4.78 is 0. The zero-order valence-corrected chi connectivity index (χ0v) is 16.7. The van der Waals surface area contributed by atoms with Crippen molar-refractivity contribution in [2.45, 2.75) is 38.0 Å². The fraction of sp³-hybridized carbons (Fsp3) is 0.318. The van der Waals surface area contributed by atoms with Gasteiger partial charge in [0.1, 0.15) is 0 Å². The number of aromatic nitrogens is 1. The van der Waals surface area contributed by atoms with Crippen LogP contribution < -0.4 is 5.32 Å². The van der Waals surface area contributed by atoms with E-state index in [-0.39, 0.29) is 11.3 Å². The number of aromatic amines is 1. The van der Waals surface area contributed by atoms with Crippen LogP contribution in [0.2, 0.25) is 0 Å². The number of nitrogens with one attached hydrogen (secondary N) is 2. The van der Waals surface area contributed by atoms with Gasteiger partial charge >= 0.3 is 0 Å². The first-order chi connectivity index (χ1) is 12.4. The molecule has 1 aromatic heterocycles. The van der Waals surface area contributed by atoms with Gasteiger partial charge < -0.3 is 10.3 Å². The normalized spacial score (nSPS) is 11.7. The fourth-order valence-corrected chi connectivity index (χ4v) is 3.99. The Hall–Kier alpha value is -2.20. The van der Waals surface area contributed by atoms with Crippen molar-refractivity contribution >= 4 is 28.6 Å². The predicted molar refractivity (Wildman–Crippen MR) is 111 cm³/mol. The minimum Gasteiger partial charge on any atom is -0.358 e. The second-order valence-corrected chi connectivity index (χ2v) is 8.66. The van der Waals surface area contributed by atoms with Gasteiger partial charge in [-0.3, -0.25) is 4.79 Å². The molecule has 26 heavy (non-hydrogen) atoms. The lowest BCUT2D eigenvalue weighted by molar-refractivity contribution is 0.0956. The minimum atomic E-state index is -0.0123. The highest BCUT2D eigenvalue weighted by molar-refractivity contribution is 7.99. The van der Waals surface area contributed by atoms with E-state index in [1.54, 1.807) is 11.8 Å². The van der Waals surface area contributed by atoms with Gasteiger partial charge in [0.25, 0.3) is 5.91 Å². The standard InChI is InChI=1S/C22H26N2OS/c1-15-20(18-7-5-6-8-19(18)24-15)26-14-13-23-21(25)16-9-11-17(12-10-16)22(2,3)4/h5-12,24H,13-14H2,1-4H3,(H,23,25). The quantitative estimate of drug-likeness (QED) is 0.476. The summed E-state index contributed by atoms with van der Waals surface area (Å²) in [7, 11) is 0. The Morgan fingerprint density at radius 3 is 2.46 bits per heavy atom. The van der Waals surface area contributed by atoms with Crippen molar-refractivity contribution in [3.05, 3.63) is 65.4 Å². The third-order valence-electron chi connectivity index (χ3n) is 4.48. The van der Waals surface area contributed by atoms with Crippen LogP contribution in [0.5, 0.6) is 0 Å². The lowest BCUT2D eigenvalue weighted by atomic mass is 9.87. The molecule has 0 saturated carbocycles. The lowest BCUT2D eigenvalue weighted by Gasteiger charge is -2.19. The molecule has 1 heterocycles. The van der Waals surface area contributed by atoms with Crippen molar-refractivity contribution in [1.29, 1.82) is 0 Å². The topological polar surface area (TPSA) is 44.9 Å². The zero-order chi connectivity index (χ0) is 18.7. The van der Waals surface area contributed by atoms with E-state index >= 15 is 0 Å². The molecule has 0 aliphatic heterocycles. The largest absolute Gasteiger partial charge is 0.358 e. The second kappa shape index (κ2) is 7.58. The monoisotopic (exact) mass is 366 g/mol. The molecule has 0 aliphatic carbocycles. The number of thioether (sulfide) groups is 1. The maximum Gasteiger partial charge on any atom is 0.251 e. The first kappa shape index (κ1) is 18.6. The number of H-pyrrole nitrogens is 1. The number of carbonyl (C=O) groups is 1. The van der Waals surface area contributed by atoms with Crippen LogP contribution in [0.3, 0.4) is 0 Å². The number of hydrogen-bond donors (Lipinski definition) is 2. The summed E-state index contributed by atoms with van der Waals surface area (Å²) in [6.07, 6.45) is 0. The summed E-state index contributed by atoms with van der Waals surface area (Å²) in [5.74, 6) is 0.829. The molecule has 2 aromatic carbocycles. The molecule has 3 rings (SSSR count). The predicted octanol–water partition coefficient (Wildman–Crippen LogP) is 5.30.